The minimum Gasteiger partial charge on any atom is -0.376 e. The molecule has 1 saturated heterocycles. The number of primary amides is 1. The van der Waals surface area contributed by atoms with Crippen molar-refractivity contribution in [3.05, 3.63) is 35.9 Å². The summed E-state index contributed by atoms with van der Waals surface area (Å²) in [4.78, 5) is 67.2. The number of nitrogens with zero attached hydrogens (tertiary/aromatic N) is 1. The number of amides is 4. The average Bonchev–Trinajstić information content (AvgIpc) is 3.65. The van der Waals surface area contributed by atoms with Gasteiger partial charge in [-0.2, -0.15) is 0 Å². The quantitative estimate of drug-likeness (QED) is 0.127. The maximum absolute atomic E-state index is 14.3. The number of likely N-dealkylation sites (tertiary alicyclic amines) is 1. The van der Waals surface area contributed by atoms with Gasteiger partial charge in [-0.25, -0.2) is 4.79 Å². The molecule has 0 radical (unpaired) electrons. The number of ketones is 2. The molecule has 45 heavy (non-hydrogen) atoms. The third-order valence-electron chi connectivity index (χ3n) is 9.01. The molecule has 6 N–H and O–H groups in total. The standard InChI is InChI=1S/C34H53N5O6/c1-19(2)22-16-17-39(24(22)30(43)36-23(18-20-14-15-20)26(41)29(35)42)31(44)28(34(6,7)8)38-32(45)37-27(33(3,4)5)25(40)21-12-10-9-11-13-21/h9-13,19-20,22-24,27-28,30,36,43H,14-18H2,1-8H3,(H2,35,42)(H2,37,38,45)/t22?,23?,24-,27?,28+,30?/m0/s1. The summed E-state index contributed by atoms with van der Waals surface area (Å²) >= 11 is 0. The number of nitrogens with two attached hydrogens (primary N) is 1. The maximum Gasteiger partial charge on any atom is 0.316 e. The zero-order valence-corrected chi connectivity index (χ0v) is 28.1. The minimum atomic E-state index is -1.31. The summed E-state index contributed by atoms with van der Waals surface area (Å²) < 4.78 is 0. The molecule has 4 amide bonds. The van der Waals surface area contributed by atoms with Crippen molar-refractivity contribution in [2.75, 3.05) is 6.54 Å². The Balaban J connectivity index is 1.85. The normalized spacial score (nSPS) is 21.5. The van der Waals surface area contributed by atoms with Crippen LogP contribution in [0.25, 0.3) is 0 Å². The number of aliphatic hydroxyl groups is 1. The van der Waals surface area contributed by atoms with Crippen LogP contribution in [0.1, 0.15) is 91.4 Å². The summed E-state index contributed by atoms with van der Waals surface area (Å²) in [6.07, 6.45) is 1.58. The van der Waals surface area contributed by atoms with Crippen LogP contribution in [0, 0.1) is 28.6 Å². The summed E-state index contributed by atoms with van der Waals surface area (Å²) in [5.41, 5.74) is 4.44. The zero-order chi connectivity index (χ0) is 33.9. The largest absolute Gasteiger partial charge is 0.376 e. The summed E-state index contributed by atoms with van der Waals surface area (Å²) in [6, 6.07) is 4.56. The van der Waals surface area contributed by atoms with E-state index in [1.54, 1.807) is 29.2 Å². The molecule has 1 heterocycles. The van der Waals surface area contributed by atoms with E-state index >= 15 is 0 Å². The van der Waals surface area contributed by atoms with Crippen LogP contribution >= 0.6 is 0 Å². The van der Waals surface area contributed by atoms with Gasteiger partial charge in [0.2, 0.25) is 11.7 Å². The van der Waals surface area contributed by atoms with Gasteiger partial charge in [-0.3, -0.25) is 24.5 Å². The molecule has 0 aromatic heterocycles. The number of carbonyl (C=O) groups excluding carboxylic acids is 5. The molecule has 3 rings (SSSR count). The number of aliphatic hydroxyl groups excluding tert-OH is 1. The lowest BCUT2D eigenvalue weighted by atomic mass is 9.82. The van der Waals surface area contributed by atoms with Crippen LogP contribution in [0.2, 0.25) is 0 Å². The second kappa shape index (κ2) is 14.4. The fraction of sp³-hybridized carbons (Fsp3) is 0.676. The van der Waals surface area contributed by atoms with E-state index in [9.17, 15) is 29.1 Å². The van der Waals surface area contributed by atoms with Crippen molar-refractivity contribution < 1.29 is 29.1 Å². The number of hydrogen-bond acceptors (Lipinski definition) is 7. The molecule has 11 heteroatoms. The first-order chi connectivity index (χ1) is 20.8. The molecule has 1 saturated carbocycles. The van der Waals surface area contributed by atoms with E-state index in [-0.39, 0.29) is 29.4 Å². The highest BCUT2D eigenvalue weighted by molar-refractivity contribution is 6.37. The number of rotatable bonds is 13. The van der Waals surface area contributed by atoms with Gasteiger partial charge in [0.15, 0.2) is 5.78 Å². The van der Waals surface area contributed by atoms with Crippen LogP contribution in [0.15, 0.2) is 30.3 Å². The van der Waals surface area contributed by atoms with Crippen molar-refractivity contribution in [2.45, 2.75) is 111 Å². The highest BCUT2D eigenvalue weighted by Gasteiger charge is 2.48. The van der Waals surface area contributed by atoms with Crippen molar-refractivity contribution in [3.63, 3.8) is 0 Å². The number of urea groups is 1. The molecule has 6 atom stereocenters. The van der Waals surface area contributed by atoms with E-state index in [1.165, 1.54) is 0 Å². The van der Waals surface area contributed by atoms with E-state index in [0.717, 1.165) is 12.8 Å². The average molecular weight is 628 g/mol. The predicted molar refractivity (Wildman–Crippen MR) is 172 cm³/mol. The van der Waals surface area contributed by atoms with Crippen LogP contribution in [0.4, 0.5) is 4.79 Å². The Morgan fingerprint density at radius 3 is 1.96 bits per heavy atom. The second-order valence-electron chi connectivity index (χ2n) is 15.2. The van der Waals surface area contributed by atoms with Crippen molar-refractivity contribution in [2.24, 2.45) is 34.3 Å². The molecule has 2 aliphatic rings. The Kier molecular flexibility index (Phi) is 11.6. The van der Waals surface area contributed by atoms with E-state index in [1.807, 2.05) is 61.5 Å². The molecule has 0 spiro atoms. The van der Waals surface area contributed by atoms with Gasteiger partial charge in [-0.15, -0.1) is 0 Å². The van der Waals surface area contributed by atoms with Gasteiger partial charge < -0.3 is 26.4 Å². The topological polar surface area (TPSA) is 171 Å². The molecule has 4 unspecified atom stereocenters. The predicted octanol–water partition coefficient (Wildman–Crippen LogP) is 3.00. The third-order valence-corrected chi connectivity index (χ3v) is 9.01. The molecule has 1 aromatic carbocycles. The van der Waals surface area contributed by atoms with E-state index in [0.29, 0.717) is 24.9 Å². The first-order valence-electron chi connectivity index (χ1n) is 16.1. The fourth-order valence-corrected chi connectivity index (χ4v) is 6.21. The van der Waals surface area contributed by atoms with Crippen LogP contribution in [-0.4, -0.2) is 76.4 Å². The summed E-state index contributed by atoms with van der Waals surface area (Å²) in [7, 11) is 0. The first-order valence-corrected chi connectivity index (χ1v) is 16.1. The second-order valence-corrected chi connectivity index (χ2v) is 15.2. The fourth-order valence-electron chi connectivity index (χ4n) is 6.21. The van der Waals surface area contributed by atoms with Crippen LogP contribution in [0.3, 0.4) is 0 Å². The molecule has 0 bridgehead atoms. The lowest BCUT2D eigenvalue weighted by molar-refractivity contribution is -0.142. The Hall–Kier alpha value is -3.31. The molecule has 2 fully saturated rings. The Morgan fingerprint density at radius 2 is 1.47 bits per heavy atom. The van der Waals surface area contributed by atoms with Crippen molar-refractivity contribution >= 4 is 29.4 Å². The van der Waals surface area contributed by atoms with E-state index < -0.39 is 58.9 Å². The van der Waals surface area contributed by atoms with Gasteiger partial charge >= 0.3 is 6.03 Å². The van der Waals surface area contributed by atoms with Gasteiger partial charge in [0.25, 0.3) is 5.91 Å². The molecule has 11 nitrogen and oxygen atoms in total. The maximum atomic E-state index is 14.3. The van der Waals surface area contributed by atoms with Crippen molar-refractivity contribution in [3.8, 4) is 0 Å². The Morgan fingerprint density at radius 1 is 0.911 bits per heavy atom. The van der Waals surface area contributed by atoms with E-state index in [2.05, 4.69) is 16.0 Å². The molecular formula is C34H53N5O6. The lowest BCUT2D eigenvalue weighted by Crippen LogP contribution is -2.63. The molecule has 250 valence electrons. The van der Waals surface area contributed by atoms with Gasteiger partial charge in [0, 0.05) is 12.1 Å². The van der Waals surface area contributed by atoms with Gasteiger partial charge in [-0.1, -0.05) is 98.6 Å². The minimum absolute atomic E-state index is 0.0962. The van der Waals surface area contributed by atoms with E-state index in [4.69, 9.17) is 5.73 Å². The highest BCUT2D eigenvalue weighted by Crippen LogP contribution is 2.36. The summed E-state index contributed by atoms with van der Waals surface area (Å²) in [5, 5.41) is 20.1. The zero-order valence-electron chi connectivity index (χ0n) is 28.1. The van der Waals surface area contributed by atoms with Gasteiger partial charge in [-0.05, 0) is 41.4 Å². The number of benzene rings is 1. The molecular weight excluding hydrogens is 574 g/mol. The van der Waals surface area contributed by atoms with Crippen LogP contribution in [0.5, 0.6) is 0 Å². The lowest BCUT2D eigenvalue weighted by Gasteiger charge is -2.40. The van der Waals surface area contributed by atoms with Gasteiger partial charge in [0.05, 0.1) is 18.1 Å². The molecule has 1 aromatic rings. The van der Waals surface area contributed by atoms with Gasteiger partial charge in [0.1, 0.15) is 12.3 Å². The summed E-state index contributed by atoms with van der Waals surface area (Å²) in [6.45, 7) is 15.5. The van der Waals surface area contributed by atoms with Crippen molar-refractivity contribution in [1.82, 2.24) is 20.9 Å². The number of nitrogens with one attached hydrogen (secondary N) is 3. The molecule has 1 aliphatic carbocycles. The number of carbonyl (C=O) groups is 5. The highest BCUT2D eigenvalue weighted by atomic mass is 16.3. The first kappa shape index (κ1) is 36.2. The SMILES string of the molecule is CC(C)C1CCN(C(=O)[C@@H](NC(=O)NC(C(=O)c2ccccc2)C(C)(C)C)C(C)(C)C)[C@@H]1C(O)NC(CC1CC1)C(=O)C(N)=O. The third kappa shape index (κ3) is 9.36. The molecule has 1 aliphatic heterocycles. The number of Topliss-reactive ketones (excluding diaryl/α,β-unsaturated/α-hetero) is 2. The Bertz CT molecular complexity index is 1230. The smallest absolute Gasteiger partial charge is 0.316 e. The number of hydrogen-bond donors (Lipinski definition) is 5. The monoisotopic (exact) mass is 627 g/mol. The van der Waals surface area contributed by atoms with Crippen LogP contribution < -0.4 is 21.7 Å². The Labute approximate surface area is 267 Å². The van der Waals surface area contributed by atoms with Crippen molar-refractivity contribution in [1.29, 1.82) is 0 Å². The van der Waals surface area contributed by atoms with Crippen LogP contribution in [-0.2, 0) is 14.4 Å². The summed E-state index contributed by atoms with van der Waals surface area (Å²) in [5.74, 6) is -2.21.